The Morgan fingerprint density at radius 3 is 2.47 bits per heavy atom. The highest BCUT2D eigenvalue weighted by Crippen LogP contribution is 2.34. The third kappa shape index (κ3) is 4.40. The van der Waals surface area contributed by atoms with Crippen LogP contribution >= 0.6 is 11.6 Å². The van der Waals surface area contributed by atoms with Crippen LogP contribution in [0.4, 0.5) is 5.69 Å². The highest BCUT2D eigenvalue weighted by atomic mass is 35.5. The number of likely N-dealkylation sites (tertiary alicyclic amines) is 1. The van der Waals surface area contributed by atoms with Crippen LogP contribution in [0.5, 0.6) is 11.5 Å². The maximum absolute atomic E-state index is 13.1. The van der Waals surface area contributed by atoms with E-state index in [1.165, 1.54) is 20.4 Å². The van der Waals surface area contributed by atoms with E-state index in [0.29, 0.717) is 46.4 Å². The maximum Gasteiger partial charge on any atom is 0.258 e. The molecule has 9 heteroatoms. The molecule has 3 aromatic rings. The lowest BCUT2D eigenvalue weighted by molar-refractivity contribution is 0.0793. The van der Waals surface area contributed by atoms with Gasteiger partial charge in [-0.15, -0.1) is 0 Å². The molecule has 2 amide bonds. The van der Waals surface area contributed by atoms with E-state index in [0.717, 1.165) is 18.5 Å². The van der Waals surface area contributed by atoms with Crippen molar-refractivity contribution in [2.45, 2.75) is 12.8 Å². The molecule has 2 heterocycles. The Morgan fingerprint density at radius 1 is 1.06 bits per heavy atom. The first-order valence-electron chi connectivity index (χ1n) is 10.2. The van der Waals surface area contributed by atoms with Crippen LogP contribution < -0.4 is 14.8 Å². The molecule has 0 atom stereocenters. The van der Waals surface area contributed by atoms with Crippen LogP contribution in [0.25, 0.3) is 5.69 Å². The minimum atomic E-state index is -0.402. The molecular weight excluding hydrogens is 432 g/mol. The number of aromatic nitrogens is 2. The summed E-state index contributed by atoms with van der Waals surface area (Å²) in [7, 11) is 3.00. The summed E-state index contributed by atoms with van der Waals surface area (Å²) in [5.41, 5.74) is 1.76. The molecule has 2 aromatic carbocycles. The molecule has 0 spiro atoms. The van der Waals surface area contributed by atoms with Gasteiger partial charge < -0.3 is 19.7 Å². The van der Waals surface area contributed by atoms with Crippen LogP contribution in [0, 0.1) is 0 Å². The zero-order chi connectivity index (χ0) is 22.7. The van der Waals surface area contributed by atoms with Gasteiger partial charge >= 0.3 is 0 Å². The monoisotopic (exact) mass is 454 g/mol. The number of halogens is 1. The molecule has 0 aliphatic carbocycles. The zero-order valence-electron chi connectivity index (χ0n) is 17.8. The van der Waals surface area contributed by atoms with Crippen molar-refractivity contribution in [2.75, 3.05) is 32.6 Å². The molecule has 1 saturated heterocycles. The quantitative estimate of drug-likeness (QED) is 0.607. The van der Waals surface area contributed by atoms with Gasteiger partial charge in [0.1, 0.15) is 0 Å². The van der Waals surface area contributed by atoms with Crippen LogP contribution in [0.3, 0.4) is 0 Å². The number of hydrogen-bond donors (Lipinski definition) is 1. The van der Waals surface area contributed by atoms with E-state index in [1.54, 1.807) is 46.1 Å². The normalized spacial score (nSPS) is 13.2. The minimum Gasteiger partial charge on any atom is -0.493 e. The van der Waals surface area contributed by atoms with Gasteiger partial charge in [-0.2, -0.15) is 5.10 Å². The molecular formula is C23H23ClN4O4. The Balaban J connectivity index is 1.64. The molecule has 0 unspecified atom stereocenters. The van der Waals surface area contributed by atoms with Crippen molar-refractivity contribution in [3.05, 3.63) is 64.9 Å². The summed E-state index contributed by atoms with van der Waals surface area (Å²) >= 11 is 6.05. The van der Waals surface area contributed by atoms with Gasteiger partial charge in [-0.25, -0.2) is 4.68 Å². The van der Waals surface area contributed by atoms with Gasteiger partial charge in [0.2, 0.25) is 0 Å². The van der Waals surface area contributed by atoms with Crippen LogP contribution in [-0.4, -0.2) is 53.8 Å². The molecule has 8 nitrogen and oxygen atoms in total. The number of nitrogens with one attached hydrogen (secondary N) is 1. The lowest BCUT2D eigenvalue weighted by Gasteiger charge is -2.20. The SMILES string of the molecule is COc1cc(NC(=O)c2cnn(-c3cccc(Cl)c3)c2)c(C(=O)N2CCCC2)cc1OC. The summed E-state index contributed by atoms with van der Waals surface area (Å²) in [6, 6.07) is 10.3. The lowest BCUT2D eigenvalue weighted by atomic mass is 10.1. The fraction of sp³-hybridized carbons (Fsp3) is 0.261. The van der Waals surface area contributed by atoms with Crippen LogP contribution in [-0.2, 0) is 0 Å². The van der Waals surface area contributed by atoms with Crippen molar-refractivity contribution in [3.8, 4) is 17.2 Å². The maximum atomic E-state index is 13.1. The fourth-order valence-electron chi connectivity index (χ4n) is 3.64. The first-order chi connectivity index (χ1) is 15.5. The lowest BCUT2D eigenvalue weighted by Crippen LogP contribution is -2.29. The largest absolute Gasteiger partial charge is 0.493 e. The number of anilines is 1. The summed E-state index contributed by atoms with van der Waals surface area (Å²) in [5.74, 6) is 0.270. The number of ether oxygens (including phenoxy) is 2. The van der Waals surface area contributed by atoms with Crippen LogP contribution in [0.15, 0.2) is 48.8 Å². The predicted octanol–water partition coefficient (Wildman–Crippen LogP) is 4.03. The molecule has 1 N–H and O–H groups in total. The fourth-order valence-corrected chi connectivity index (χ4v) is 3.83. The van der Waals surface area contributed by atoms with Crippen molar-refractivity contribution >= 4 is 29.1 Å². The number of benzene rings is 2. The summed E-state index contributed by atoms with van der Waals surface area (Å²) in [6.45, 7) is 1.37. The average Bonchev–Trinajstić information content (AvgIpc) is 3.51. The standard InChI is InChI=1S/C23H23ClN4O4/c1-31-20-11-18(23(30)27-8-3-4-9-27)19(12-21(20)32-2)26-22(29)15-13-25-28(14-15)17-7-5-6-16(24)10-17/h5-7,10-14H,3-4,8-9H2,1-2H3,(H,26,29). The molecule has 0 radical (unpaired) electrons. The molecule has 1 aliphatic rings. The molecule has 1 aromatic heterocycles. The van der Waals surface area contributed by atoms with E-state index in [2.05, 4.69) is 10.4 Å². The van der Waals surface area contributed by atoms with E-state index in [4.69, 9.17) is 21.1 Å². The first kappa shape index (κ1) is 21.7. The highest BCUT2D eigenvalue weighted by molar-refractivity contribution is 6.30. The Hall–Kier alpha value is -3.52. The Morgan fingerprint density at radius 2 is 1.78 bits per heavy atom. The Labute approximate surface area is 190 Å². The number of rotatable bonds is 6. The summed E-state index contributed by atoms with van der Waals surface area (Å²) < 4.78 is 12.3. The van der Waals surface area contributed by atoms with Crippen molar-refractivity contribution in [1.82, 2.24) is 14.7 Å². The smallest absolute Gasteiger partial charge is 0.258 e. The second kappa shape index (κ2) is 9.32. The van der Waals surface area contributed by atoms with E-state index < -0.39 is 5.91 Å². The summed E-state index contributed by atoms with van der Waals surface area (Å²) in [4.78, 5) is 27.9. The number of hydrogen-bond acceptors (Lipinski definition) is 5. The van der Waals surface area contributed by atoms with E-state index >= 15 is 0 Å². The van der Waals surface area contributed by atoms with Gasteiger partial charge in [-0.05, 0) is 37.1 Å². The molecule has 4 rings (SSSR count). The first-order valence-corrected chi connectivity index (χ1v) is 10.5. The number of nitrogens with zero attached hydrogens (tertiary/aromatic N) is 3. The second-order valence-corrected chi connectivity index (χ2v) is 7.80. The number of carbonyl (C=O) groups excluding carboxylic acids is 2. The Kier molecular flexibility index (Phi) is 6.32. The van der Waals surface area contributed by atoms with E-state index in [9.17, 15) is 9.59 Å². The highest BCUT2D eigenvalue weighted by Gasteiger charge is 2.25. The molecule has 0 saturated carbocycles. The predicted molar refractivity (Wildman–Crippen MR) is 121 cm³/mol. The van der Waals surface area contributed by atoms with Crippen LogP contribution in [0.1, 0.15) is 33.6 Å². The van der Waals surface area contributed by atoms with Gasteiger partial charge in [-0.3, -0.25) is 9.59 Å². The van der Waals surface area contributed by atoms with Gasteiger partial charge in [0.25, 0.3) is 11.8 Å². The second-order valence-electron chi connectivity index (χ2n) is 7.36. The summed E-state index contributed by atoms with van der Waals surface area (Å²) in [6.07, 6.45) is 4.98. The Bertz CT molecular complexity index is 1150. The number of carbonyl (C=O) groups is 2. The zero-order valence-corrected chi connectivity index (χ0v) is 18.6. The molecule has 0 bridgehead atoms. The number of methoxy groups -OCH3 is 2. The van der Waals surface area contributed by atoms with Gasteiger partial charge in [-0.1, -0.05) is 17.7 Å². The molecule has 166 valence electrons. The molecule has 1 fully saturated rings. The van der Waals surface area contributed by atoms with E-state index in [1.807, 2.05) is 6.07 Å². The van der Waals surface area contributed by atoms with Crippen LogP contribution in [0.2, 0.25) is 5.02 Å². The topological polar surface area (TPSA) is 85.7 Å². The summed E-state index contributed by atoms with van der Waals surface area (Å²) in [5, 5.41) is 7.65. The minimum absolute atomic E-state index is 0.159. The third-order valence-electron chi connectivity index (χ3n) is 5.31. The van der Waals surface area contributed by atoms with Gasteiger partial charge in [0.05, 0.1) is 42.9 Å². The van der Waals surface area contributed by atoms with Crippen molar-refractivity contribution in [3.63, 3.8) is 0 Å². The third-order valence-corrected chi connectivity index (χ3v) is 5.55. The van der Waals surface area contributed by atoms with Crippen molar-refractivity contribution in [1.29, 1.82) is 0 Å². The van der Waals surface area contributed by atoms with Gasteiger partial charge in [0.15, 0.2) is 11.5 Å². The number of amides is 2. The average molecular weight is 455 g/mol. The van der Waals surface area contributed by atoms with Crippen molar-refractivity contribution < 1.29 is 19.1 Å². The van der Waals surface area contributed by atoms with Gasteiger partial charge in [0, 0.05) is 30.4 Å². The van der Waals surface area contributed by atoms with Crippen molar-refractivity contribution in [2.24, 2.45) is 0 Å². The molecule has 32 heavy (non-hydrogen) atoms. The molecule has 1 aliphatic heterocycles. The van der Waals surface area contributed by atoms with E-state index in [-0.39, 0.29) is 5.91 Å².